The zero-order valence-electron chi connectivity index (χ0n) is 15.8. The molecule has 2 unspecified atom stereocenters. The van der Waals surface area contributed by atoms with Gasteiger partial charge in [0.15, 0.2) is 12.6 Å². The molecule has 0 aromatic heterocycles. The molecule has 1 N–H and O–H groups in total. The number of hydrogen-bond donors (Lipinski definition) is 1. The van der Waals surface area contributed by atoms with Gasteiger partial charge < -0.3 is 14.3 Å². The highest BCUT2D eigenvalue weighted by Gasteiger charge is 2.47. The van der Waals surface area contributed by atoms with Crippen LogP contribution < -0.4 is 0 Å². The SMILES string of the molecule is C[C@@](C(=O)OC1CC[N+](C)(CC(=O)O)C1)(c1ccccc1)C1CCCC1. The summed E-state index contributed by atoms with van der Waals surface area (Å²) in [5.74, 6) is -0.650. The fourth-order valence-electron chi connectivity index (χ4n) is 4.78. The number of ether oxygens (including phenoxy) is 1. The Bertz CT molecular complexity index is 655. The van der Waals surface area contributed by atoms with Crippen molar-refractivity contribution >= 4 is 11.9 Å². The number of carboxylic acids is 1. The van der Waals surface area contributed by atoms with E-state index in [0.717, 1.165) is 44.2 Å². The van der Waals surface area contributed by atoms with E-state index >= 15 is 0 Å². The van der Waals surface area contributed by atoms with Crippen molar-refractivity contribution in [1.82, 2.24) is 0 Å². The summed E-state index contributed by atoms with van der Waals surface area (Å²) in [5.41, 5.74) is 0.397. The van der Waals surface area contributed by atoms with Gasteiger partial charge in [-0.3, -0.25) is 4.79 Å². The Morgan fingerprint density at radius 2 is 1.85 bits per heavy atom. The Morgan fingerprint density at radius 1 is 1.19 bits per heavy atom. The number of quaternary nitrogens is 1. The summed E-state index contributed by atoms with van der Waals surface area (Å²) in [6, 6.07) is 9.98. The van der Waals surface area contributed by atoms with Gasteiger partial charge >= 0.3 is 11.9 Å². The minimum atomic E-state index is -0.806. The highest BCUT2D eigenvalue weighted by atomic mass is 16.5. The minimum Gasteiger partial charge on any atom is -0.477 e. The number of rotatable bonds is 6. The van der Waals surface area contributed by atoms with Crippen LogP contribution in [0.1, 0.15) is 44.6 Å². The van der Waals surface area contributed by atoms with E-state index in [9.17, 15) is 9.59 Å². The molecule has 1 aromatic rings. The summed E-state index contributed by atoms with van der Waals surface area (Å²) >= 11 is 0. The summed E-state index contributed by atoms with van der Waals surface area (Å²) in [6.45, 7) is 3.41. The zero-order valence-corrected chi connectivity index (χ0v) is 15.8. The smallest absolute Gasteiger partial charge is 0.359 e. The lowest BCUT2D eigenvalue weighted by Crippen LogP contribution is -2.47. The molecule has 3 atom stereocenters. The first-order valence-electron chi connectivity index (χ1n) is 9.65. The van der Waals surface area contributed by atoms with Crippen molar-refractivity contribution in [1.29, 1.82) is 0 Å². The number of esters is 1. The largest absolute Gasteiger partial charge is 0.477 e. The van der Waals surface area contributed by atoms with Crippen LogP contribution in [0, 0.1) is 5.92 Å². The van der Waals surface area contributed by atoms with Gasteiger partial charge in [0.25, 0.3) is 0 Å². The molecule has 5 nitrogen and oxygen atoms in total. The third kappa shape index (κ3) is 3.78. The van der Waals surface area contributed by atoms with Crippen LogP contribution in [-0.4, -0.2) is 54.3 Å². The number of likely N-dealkylation sites (N-methyl/N-ethyl adjacent to an activating group) is 1. The van der Waals surface area contributed by atoms with Gasteiger partial charge in [0.2, 0.25) is 0 Å². The molecule has 2 aliphatic rings. The van der Waals surface area contributed by atoms with Crippen molar-refractivity contribution in [2.45, 2.75) is 50.5 Å². The molecule has 0 bridgehead atoms. The molecule has 0 amide bonds. The van der Waals surface area contributed by atoms with E-state index < -0.39 is 11.4 Å². The summed E-state index contributed by atoms with van der Waals surface area (Å²) in [4.78, 5) is 24.4. The van der Waals surface area contributed by atoms with Crippen LogP contribution in [0.15, 0.2) is 30.3 Å². The van der Waals surface area contributed by atoms with E-state index in [2.05, 4.69) is 0 Å². The lowest BCUT2D eigenvalue weighted by Gasteiger charge is -2.35. The molecule has 26 heavy (non-hydrogen) atoms. The number of benzene rings is 1. The minimum absolute atomic E-state index is 0.0760. The van der Waals surface area contributed by atoms with Gasteiger partial charge in [-0.15, -0.1) is 0 Å². The number of hydrogen-bond acceptors (Lipinski definition) is 3. The maximum Gasteiger partial charge on any atom is 0.359 e. The van der Waals surface area contributed by atoms with E-state index in [1.807, 2.05) is 44.3 Å². The Balaban J connectivity index is 1.76. The number of aliphatic carboxylic acids is 1. The quantitative estimate of drug-likeness (QED) is 0.626. The number of carbonyl (C=O) groups is 2. The average molecular weight is 360 g/mol. The van der Waals surface area contributed by atoms with E-state index in [4.69, 9.17) is 9.84 Å². The van der Waals surface area contributed by atoms with Gasteiger partial charge in [-0.1, -0.05) is 43.2 Å². The molecule has 1 saturated carbocycles. The van der Waals surface area contributed by atoms with E-state index in [1.54, 1.807) is 0 Å². The van der Waals surface area contributed by atoms with Gasteiger partial charge in [0.05, 0.1) is 19.0 Å². The van der Waals surface area contributed by atoms with E-state index in [-0.39, 0.29) is 18.6 Å². The van der Waals surface area contributed by atoms with Gasteiger partial charge in [-0.25, -0.2) is 4.79 Å². The summed E-state index contributed by atoms with van der Waals surface area (Å²) < 4.78 is 6.40. The van der Waals surface area contributed by atoms with Crippen LogP contribution in [0.3, 0.4) is 0 Å². The molecule has 142 valence electrons. The van der Waals surface area contributed by atoms with Crippen molar-refractivity contribution in [3.8, 4) is 0 Å². The molecule has 1 aliphatic heterocycles. The summed E-state index contributed by atoms with van der Waals surface area (Å²) in [5, 5.41) is 9.11. The van der Waals surface area contributed by atoms with Crippen LogP contribution in [-0.2, 0) is 19.7 Å². The van der Waals surface area contributed by atoms with Gasteiger partial charge in [-0.2, -0.15) is 0 Å². The normalized spacial score (nSPS) is 28.6. The first-order valence-corrected chi connectivity index (χ1v) is 9.65. The third-order valence-electron chi connectivity index (χ3n) is 6.40. The molecule has 1 saturated heterocycles. The van der Waals surface area contributed by atoms with Crippen molar-refractivity contribution in [2.24, 2.45) is 5.92 Å². The van der Waals surface area contributed by atoms with Crippen molar-refractivity contribution in [3.05, 3.63) is 35.9 Å². The zero-order chi connectivity index (χ0) is 18.8. The Hall–Kier alpha value is -1.88. The highest BCUT2D eigenvalue weighted by Crippen LogP contribution is 2.43. The maximum atomic E-state index is 13.3. The Kier molecular flexibility index (Phi) is 5.37. The average Bonchev–Trinajstić information content (AvgIpc) is 3.25. The third-order valence-corrected chi connectivity index (χ3v) is 6.40. The van der Waals surface area contributed by atoms with Crippen LogP contribution >= 0.6 is 0 Å². The maximum absolute atomic E-state index is 13.3. The standard InChI is InChI=1S/C21H29NO4/c1-21(17-10-6-7-11-17,16-8-4-3-5-9-16)20(25)26-18-12-13-22(2,14-18)15-19(23)24/h3-5,8-9,17-18H,6-7,10-15H2,1-2H3/p+1/t18?,21-,22?/m1/s1. The lowest BCUT2D eigenvalue weighted by atomic mass is 9.71. The summed E-state index contributed by atoms with van der Waals surface area (Å²) in [7, 11) is 1.93. The monoisotopic (exact) mass is 360 g/mol. The summed E-state index contributed by atoms with van der Waals surface area (Å²) in [6.07, 6.45) is 4.96. The van der Waals surface area contributed by atoms with Gasteiger partial charge in [0, 0.05) is 6.42 Å². The van der Waals surface area contributed by atoms with Crippen molar-refractivity contribution in [3.63, 3.8) is 0 Å². The molecule has 3 rings (SSSR count). The molecule has 0 spiro atoms. The predicted octanol–water partition coefficient (Wildman–Crippen LogP) is 2.98. The first-order chi connectivity index (χ1) is 12.3. The first kappa shape index (κ1) is 18.9. The second-order valence-electron chi connectivity index (χ2n) is 8.44. The molecule has 2 fully saturated rings. The van der Waals surface area contributed by atoms with E-state index in [1.165, 1.54) is 0 Å². The van der Waals surface area contributed by atoms with Gasteiger partial charge in [0.1, 0.15) is 6.54 Å². The molecule has 5 heteroatoms. The van der Waals surface area contributed by atoms with Crippen molar-refractivity contribution in [2.75, 3.05) is 26.7 Å². The molecule has 0 radical (unpaired) electrons. The number of carboxylic acid groups (broad SMARTS) is 1. The number of nitrogens with zero attached hydrogens (tertiary/aromatic N) is 1. The molecule has 1 aliphatic carbocycles. The van der Waals surface area contributed by atoms with Crippen LogP contribution in [0.4, 0.5) is 0 Å². The fourth-order valence-corrected chi connectivity index (χ4v) is 4.78. The number of carbonyl (C=O) groups excluding carboxylic acids is 1. The lowest BCUT2D eigenvalue weighted by molar-refractivity contribution is -0.891. The van der Waals surface area contributed by atoms with Crippen LogP contribution in [0.5, 0.6) is 0 Å². The molecule has 1 aromatic carbocycles. The second-order valence-corrected chi connectivity index (χ2v) is 8.44. The highest BCUT2D eigenvalue weighted by molar-refractivity contribution is 5.83. The Labute approximate surface area is 155 Å². The number of likely N-dealkylation sites (tertiary alicyclic amines) is 1. The van der Waals surface area contributed by atoms with Gasteiger partial charge in [-0.05, 0) is 31.2 Å². The van der Waals surface area contributed by atoms with Crippen LogP contribution in [0.2, 0.25) is 0 Å². The topological polar surface area (TPSA) is 63.6 Å². The van der Waals surface area contributed by atoms with Crippen molar-refractivity contribution < 1.29 is 23.9 Å². The van der Waals surface area contributed by atoms with Crippen LogP contribution in [0.25, 0.3) is 0 Å². The Morgan fingerprint density at radius 3 is 2.46 bits per heavy atom. The predicted molar refractivity (Wildman–Crippen MR) is 98.7 cm³/mol. The fraction of sp³-hybridized carbons (Fsp3) is 0.619. The second kappa shape index (κ2) is 7.39. The van der Waals surface area contributed by atoms with E-state index in [0.29, 0.717) is 16.9 Å². The molecular weight excluding hydrogens is 330 g/mol. The molecular formula is C21H30NO4+. The molecule has 1 heterocycles.